The summed E-state index contributed by atoms with van der Waals surface area (Å²) in [5.41, 5.74) is 6.82. The van der Waals surface area contributed by atoms with Gasteiger partial charge in [0.25, 0.3) is 0 Å². The maximum atomic E-state index is 5.68. The van der Waals surface area contributed by atoms with Crippen LogP contribution in [-0.2, 0) is 6.54 Å². The molecule has 3 N–H and O–H groups in total. The predicted octanol–water partition coefficient (Wildman–Crippen LogP) is 1.92. The highest BCUT2D eigenvalue weighted by Crippen LogP contribution is 2.30. The predicted molar refractivity (Wildman–Crippen MR) is 76.6 cm³/mol. The highest BCUT2D eigenvalue weighted by atomic mass is 16.5. The van der Waals surface area contributed by atoms with Gasteiger partial charge in [-0.2, -0.15) is 0 Å². The monoisotopic (exact) mass is 264 g/mol. The molecule has 1 heterocycles. The Kier molecular flexibility index (Phi) is 5.48. The molecule has 1 aliphatic heterocycles. The molecule has 2 rings (SSSR count). The number of fused-ring (bicyclic) bond motifs is 1. The second kappa shape index (κ2) is 7.36. The van der Waals surface area contributed by atoms with E-state index in [1.807, 2.05) is 6.07 Å². The van der Waals surface area contributed by atoms with E-state index in [9.17, 15) is 0 Å². The van der Waals surface area contributed by atoms with Crippen molar-refractivity contribution in [2.45, 2.75) is 26.3 Å². The van der Waals surface area contributed by atoms with E-state index in [1.54, 1.807) is 0 Å². The molecule has 1 unspecified atom stereocenters. The lowest BCUT2D eigenvalue weighted by molar-refractivity contribution is 0.297. The van der Waals surface area contributed by atoms with Gasteiger partial charge in [0.2, 0.25) is 0 Å². The lowest BCUT2D eigenvalue weighted by atomic mass is 10.1. The van der Waals surface area contributed by atoms with Crippen LogP contribution in [-0.4, -0.2) is 26.3 Å². The fraction of sp³-hybridized carbons (Fsp3) is 0.600. The van der Waals surface area contributed by atoms with Crippen LogP contribution in [0, 0.1) is 5.92 Å². The number of benzene rings is 1. The third kappa shape index (κ3) is 4.40. The van der Waals surface area contributed by atoms with Crippen molar-refractivity contribution in [2.24, 2.45) is 11.7 Å². The van der Waals surface area contributed by atoms with E-state index in [0.717, 1.165) is 57.2 Å². The zero-order valence-corrected chi connectivity index (χ0v) is 11.7. The molecule has 19 heavy (non-hydrogen) atoms. The van der Waals surface area contributed by atoms with Crippen molar-refractivity contribution in [3.05, 3.63) is 23.8 Å². The molecule has 1 aromatic rings. The van der Waals surface area contributed by atoms with Crippen molar-refractivity contribution in [3.63, 3.8) is 0 Å². The summed E-state index contributed by atoms with van der Waals surface area (Å²) < 4.78 is 11.3. The SMILES string of the molecule is CC(CN)CCNCc1ccc2c(c1)OCCCO2. The number of hydrogen-bond donors (Lipinski definition) is 2. The van der Waals surface area contributed by atoms with Crippen LogP contribution >= 0.6 is 0 Å². The molecule has 1 aromatic carbocycles. The molecule has 0 aliphatic carbocycles. The van der Waals surface area contributed by atoms with Gasteiger partial charge in [-0.15, -0.1) is 0 Å². The topological polar surface area (TPSA) is 56.5 Å². The van der Waals surface area contributed by atoms with E-state index in [4.69, 9.17) is 15.2 Å². The molecule has 0 saturated heterocycles. The molecule has 106 valence electrons. The van der Waals surface area contributed by atoms with Crippen LogP contribution in [0.2, 0.25) is 0 Å². The number of ether oxygens (including phenoxy) is 2. The minimum atomic E-state index is 0.580. The maximum Gasteiger partial charge on any atom is 0.161 e. The number of hydrogen-bond acceptors (Lipinski definition) is 4. The van der Waals surface area contributed by atoms with Crippen molar-refractivity contribution >= 4 is 0 Å². The molecule has 4 nitrogen and oxygen atoms in total. The van der Waals surface area contributed by atoms with E-state index in [2.05, 4.69) is 24.4 Å². The highest BCUT2D eigenvalue weighted by Gasteiger charge is 2.10. The zero-order valence-electron chi connectivity index (χ0n) is 11.7. The highest BCUT2D eigenvalue weighted by molar-refractivity contribution is 5.43. The van der Waals surface area contributed by atoms with Crippen LogP contribution in [0.15, 0.2) is 18.2 Å². The minimum absolute atomic E-state index is 0.580. The molecular formula is C15H24N2O2. The third-order valence-corrected chi connectivity index (χ3v) is 3.36. The van der Waals surface area contributed by atoms with Gasteiger partial charge in [-0.05, 0) is 43.1 Å². The van der Waals surface area contributed by atoms with Gasteiger partial charge in [-0.1, -0.05) is 13.0 Å². The van der Waals surface area contributed by atoms with E-state index in [0.29, 0.717) is 5.92 Å². The van der Waals surface area contributed by atoms with Crippen LogP contribution in [0.1, 0.15) is 25.3 Å². The first kappa shape index (κ1) is 14.2. The van der Waals surface area contributed by atoms with Crippen molar-refractivity contribution in [1.29, 1.82) is 0 Å². The standard InChI is InChI=1S/C15H24N2O2/c1-12(10-16)5-6-17-11-13-3-4-14-15(9-13)19-8-2-7-18-14/h3-4,9,12,17H,2,5-8,10-11,16H2,1H3. The summed E-state index contributed by atoms with van der Waals surface area (Å²) in [6, 6.07) is 6.16. The van der Waals surface area contributed by atoms with Crippen molar-refractivity contribution in [1.82, 2.24) is 5.32 Å². The molecule has 4 heteroatoms. The Labute approximate surface area is 115 Å². The number of nitrogens with one attached hydrogen (secondary N) is 1. The van der Waals surface area contributed by atoms with Crippen LogP contribution in [0.25, 0.3) is 0 Å². The van der Waals surface area contributed by atoms with Gasteiger partial charge in [0, 0.05) is 13.0 Å². The minimum Gasteiger partial charge on any atom is -0.490 e. The van der Waals surface area contributed by atoms with Gasteiger partial charge in [-0.25, -0.2) is 0 Å². The fourth-order valence-electron chi connectivity index (χ4n) is 2.02. The Bertz CT molecular complexity index is 396. The number of rotatable bonds is 6. The first-order valence-corrected chi connectivity index (χ1v) is 7.09. The average molecular weight is 264 g/mol. The van der Waals surface area contributed by atoms with Gasteiger partial charge >= 0.3 is 0 Å². The molecule has 0 amide bonds. The molecular weight excluding hydrogens is 240 g/mol. The molecule has 0 aromatic heterocycles. The molecule has 0 fully saturated rings. The lowest BCUT2D eigenvalue weighted by Crippen LogP contribution is -2.20. The molecule has 0 spiro atoms. The van der Waals surface area contributed by atoms with Crippen LogP contribution in [0.3, 0.4) is 0 Å². The Morgan fingerprint density at radius 3 is 2.84 bits per heavy atom. The van der Waals surface area contributed by atoms with E-state index >= 15 is 0 Å². The largest absolute Gasteiger partial charge is 0.490 e. The van der Waals surface area contributed by atoms with Gasteiger partial charge in [0.05, 0.1) is 13.2 Å². The molecule has 1 atom stereocenters. The normalized spacial score (nSPS) is 15.9. The Hall–Kier alpha value is -1.26. The van der Waals surface area contributed by atoms with Crippen LogP contribution in [0.4, 0.5) is 0 Å². The fourth-order valence-corrected chi connectivity index (χ4v) is 2.02. The molecule has 0 radical (unpaired) electrons. The van der Waals surface area contributed by atoms with Gasteiger partial charge in [-0.3, -0.25) is 0 Å². The van der Waals surface area contributed by atoms with Gasteiger partial charge in [0.15, 0.2) is 11.5 Å². The Morgan fingerprint density at radius 1 is 1.26 bits per heavy atom. The summed E-state index contributed by atoms with van der Waals surface area (Å²) in [6.07, 6.45) is 2.06. The van der Waals surface area contributed by atoms with E-state index in [1.165, 1.54) is 5.56 Å². The lowest BCUT2D eigenvalue weighted by Gasteiger charge is -2.11. The summed E-state index contributed by atoms with van der Waals surface area (Å²) >= 11 is 0. The van der Waals surface area contributed by atoms with E-state index in [-0.39, 0.29) is 0 Å². The van der Waals surface area contributed by atoms with Crippen molar-refractivity contribution in [3.8, 4) is 11.5 Å². The summed E-state index contributed by atoms with van der Waals surface area (Å²) in [5, 5.41) is 3.44. The average Bonchev–Trinajstić information content (AvgIpc) is 2.68. The molecule has 0 saturated carbocycles. The number of nitrogens with two attached hydrogens (primary N) is 1. The smallest absolute Gasteiger partial charge is 0.161 e. The summed E-state index contributed by atoms with van der Waals surface area (Å²) in [6.45, 7) is 6.25. The second-order valence-electron chi connectivity index (χ2n) is 5.14. The van der Waals surface area contributed by atoms with Gasteiger partial charge < -0.3 is 20.5 Å². The first-order valence-electron chi connectivity index (χ1n) is 7.09. The Balaban J connectivity index is 1.82. The zero-order chi connectivity index (χ0) is 13.5. The van der Waals surface area contributed by atoms with Crippen molar-refractivity contribution < 1.29 is 9.47 Å². The second-order valence-corrected chi connectivity index (χ2v) is 5.14. The molecule has 0 bridgehead atoms. The quantitative estimate of drug-likeness (QED) is 0.771. The third-order valence-electron chi connectivity index (χ3n) is 3.36. The maximum absolute atomic E-state index is 5.68. The van der Waals surface area contributed by atoms with Crippen LogP contribution < -0.4 is 20.5 Å². The van der Waals surface area contributed by atoms with Gasteiger partial charge in [0.1, 0.15) is 0 Å². The summed E-state index contributed by atoms with van der Waals surface area (Å²) in [7, 11) is 0. The van der Waals surface area contributed by atoms with E-state index < -0.39 is 0 Å². The van der Waals surface area contributed by atoms with Crippen molar-refractivity contribution in [2.75, 3.05) is 26.3 Å². The van der Waals surface area contributed by atoms with Crippen LogP contribution in [0.5, 0.6) is 11.5 Å². The first-order chi connectivity index (χ1) is 9.29. The summed E-state index contributed by atoms with van der Waals surface area (Å²) in [4.78, 5) is 0. The summed E-state index contributed by atoms with van der Waals surface area (Å²) in [5.74, 6) is 2.31. The molecule has 1 aliphatic rings. The Morgan fingerprint density at radius 2 is 2.05 bits per heavy atom.